The number of aromatic nitrogens is 2. The second-order valence-corrected chi connectivity index (χ2v) is 3.78. The van der Waals surface area contributed by atoms with Crippen LogP contribution in [0.5, 0.6) is 0 Å². The number of anilines is 2. The van der Waals surface area contributed by atoms with Crippen LogP contribution in [0.2, 0.25) is 0 Å². The molecule has 18 heavy (non-hydrogen) atoms. The molecule has 1 aromatic carbocycles. The van der Waals surface area contributed by atoms with Crippen LogP contribution in [0.1, 0.15) is 5.56 Å². The normalized spacial score (nSPS) is 10.3. The molecule has 6 heteroatoms. The Hall–Kier alpha value is -2.24. The van der Waals surface area contributed by atoms with E-state index in [0.717, 1.165) is 6.07 Å². The van der Waals surface area contributed by atoms with Gasteiger partial charge in [-0.15, -0.1) is 0 Å². The zero-order valence-corrected chi connectivity index (χ0v) is 9.53. The van der Waals surface area contributed by atoms with Crippen molar-refractivity contribution in [3.63, 3.8) is 0 Å². The van der Waals surface area contributed by atoms with Gasteiger partial charge >= 0.3 is 0 Å². The number of halogens is 2. The van der Waals surface area contributed by atoms with E-state index in [2.05, 4.69) is 15.3 Å². The van der Waals surface area contributed by atoms with Crippen LogP contribution >= 0.6 is 0 Å². The topological polar surface area (TPSA) is 63.8 Å². The summed E-state index contributed by atoms with van der Waals surface area (Å²) in [5.41, 5.74) is 6.65. The molecule has 2 aromatic rings. The smallest absolute Gasteiger partial charge is 0.152 e. The lowest BCUT2D eigenvalue weighted by Crippen LogP contribution is -2.09. The molecule has 3 N–H and O–H groups in total. The molecule has 2 rings (SSSR count). The van der Waals surface area contributed by atoms with Crippen molar-refractivity contribution < 1.29 is 8.78 Å². The first-order valence-electron chi connectivity index (χ1n) is 5.39. The van der Waals surface area contributed by atoms with Gasteiger partial charge in [-0.3, -0.25) is 0 Å². The third kappa shape index (κ3) is 3.13. The molecule has 1 aromatic heterocycles. The minimum Gasteiger partial charge on any atom is -0.394 e. The summed E-state index contributed by atoms with van der Waals surface area (Å²) in [5.74, 6) is -0.639. The van der Waals surface area contributed by atoms with Crippen molar-refractivity contribution in [1.82, 2.24) is 9.97 Å². The van der Waals surface area contributed by atoms with E-state index < -0.39 is 11.6 Å². The Bertz CT molecular complexity index is 525. The fourth-order valence-electron chi connectivity index (χ4n) is 1.57. The fourth-order valence-corrected chi connectivity index (χ4v) is 1.57. The summed E-state index contributed by atoms with van der Waals surface area (Å²) in [5, 5.41) is 2.98. The highest BCUT2D eigenvalue weighted by Gasteiger charge is 2.02. The second-order valence-electron chi connectivity index (χ2n) is 3.78. The standard InChI is InChI=1S/C12H12F2N4/c13-9-3-8(4-10(14)5-9)1-2-17-12-11(15)6-16-7-18-12/h3-7H,1-2,15H2,(H,16,17,18). The van der Waals surface area contributed by atoms with E-state index in [1.54, 1.807) is 0 Å². The van der Waals surface area contributed by atoms with E-state index >= 15 is 0 Å². The summed E-state index contributed by atoms with van der Waals surface area (Å²) < 4.78 is 25.9. The Morgan fingerprint density at radius 2 is 1.89 bits per heavy atom. The van der Waals surface area contributed by atoms with Crippen LogP contribution in [0.4, 0.5) is 20.3 Å². The average Bonchev–Trinajstić information content (AvgIpc) is 2.30. The molecule has 0 unspecified atom stereocenters. The van der Waals surface area contributed by atoms with Gasteiger partial charge in [0.25, 0.3) is 0 Å². The van der Waals surface area contributed by atoms with Gasteiger partial charge in [0.15, 0.2) is 5.82 Å². The van der Waals surface area contributed by atoms with Gasteiger partial charge in [-0.1, -0.05) is 0 Å². The Kier molecular flexibility index (Phi) is 3.66. The lowest BCUT2D eigenvalue weighted by Gasteiger charge is -2.07. The Balaban J connectivity index is 1.94. The number of hydrogen-bond donors (Lipinski definition) is 2. The van der Waals surface area contributed by atoms with E-state index in [4.69, 9.17) is 5.73 Å². The predicted molar refractivity (Wildman–Crippen MR) is 65.0 cm³/mol. The molecule has 0 aliphatic carbocycles. The predicted octanol–water partition coefficient (Wildman–Crippen LogP) is 1.99. The van der Waals surface area contributed by atoms with Crippen molar-refractivity contribution in [2.24, 2.45) is 0 Å². The van der Waals surface area contributed by atoms with Crippen LogP contribution in [-0.4, -0.2) is 16.5 Å². The summed E-state index contributed by atoms with van der Waals surface area (Å²) in [6, 6.07) is 3.45. The maximum atomic E-state index is 12.9. The minimum absolute atomic E-state index is 0.433. The first kappa shape index (κ1) is 12.2. The van der Waals surface area contributed by atoms with Crippen LogP contribution in [0.15, 0.2) is 30.7 Å². The summed E-state index contributed by atoms with van der Waals surface area (Å²) in [6.07, 6.45) is 3.33. The van der Waals surface area contributed by atoms with E-state index in [-0.39, 0.29) is 0 Å². The van der Waals surface area contributed by atoms with Crippen LogP contribution in [0.25, 0.3) is 0 Å². The number of nitrogens with two attached hydrogens (primary N) is 1. The molecule has 0 aliphatic rings. The zero-order chi connectivity index (χ0) is 13.0. The molecule has 94 valence electrons. The van der Waals surface area contributed by atoms with E-state index in [0.29, 0.717) is 30.0 Å². The number of nitrogen functional groups attached to an aromatic ring is 1. The number of rotatable bonds is 4. The molecule has 0 bridgehead atoms. The van der Waals surface area contributed by atoms with Gasteiger partial charge in [0.1, 0.15) is 18.0 Å². The third-order valence-electron chi connectivity index (χ3n) is 2.37. The summed E-state index contributed by atoms with van der Waals surface area (Å²) in [4.78, 5) is 7.71. The van der Waals surface area contributed by atoms with Crippen molar-refractivity contribution in [2.45, 2.75) is 6.42 Å². The third-order valence-corrected chi connectivity index (χ3v) is 2.37. The Labute approximate surface area is 103 Å². The van der Waals surface area contributed by atoms with Gasteiger partial charge in [-0.2, -0.15) is 0 Å². The lowest BCUT2D eigenvalue weighted by atomic mass is 10.1. The SMILES string of the molecule is Nc1cncnc1NCCc1cc(F)cc(F)c1. The van der Waals surface area contributed by atoms with Crippen LogP contribution in [-0.2, 0) is 6.42 Å². The monoisotopic (exact) mass is 250 g/mol. The summed E-state index contributed by atoms with van der Waals surface area (Å²) in [7, 11) is 0. The first-order chi connectivity index (χ1) is 8.65. The molecule has 0 saturated carbocycles. The fraction of sp³-hybridized carbons (Fsp3) is 0.167. The zero-order valence-electron chi connectivity index (χ0n) is 9.53. The molecule has 1 heterocycles. The molecule has 0 atom stereocenters. The van der Waals surface area contributed by atoms with Gasteiger partial charge in [-0.25, -0.2) is 18.7 Å². The van der Waals surface area contributed by atoms with Crippen molar-refractivity contribution >= 4 is 11.5 Å². The van der Waals surface area contributed by atoms with Crippen LogP contribution < -0.4 is 11.1 Å². The molecule has 0 amide bonds. The maximum Gasteiger partial charge on any atom is 0.152 e. The molecular weight excluding hydrogens is 238 g/mol. The van der Waals surface area contributed by atoms with Gasteiger partial charge in [0, 0.05) is 12.6 Å². The average molecular weight is 250 g/mol. The number of benzene rings is 1. The van der Waals surface area contributed by atoms with Crippen LogP contribution in [0, 0.1) is 11.6 Å². The largest absolute Gasteiger partial charge is 0.394 e. The molecule has 0 fully saturated rings. The number of hydrogen-bond acceptors (Lipinski definition) is 4. The van der Waals surface area contributed by atoms with E-state index in [1.165, 1.54) is 24.7 Å². The first-order valence-corrected chi connectivity index (χ1v) is 5.39. The second kappa shape index (κ2) is 5.39. The summed E-state index contributed by atoms with van der Waals surface area (Å²) in [6.45, 7) is 0.476. The molecule has 0 aliphatic heterocycles. The molecule has 0 saturated heterocycles. The molecule has 0 radical (unpaired) electrons. The van der Waals surface area contributed by atoms with Crippen molar-refractivity contribution in [3.8, 4) is 0 Å². The highest BCUT2D eigenvalue weighted by atomic mass is 19.1. The minimum atomic E-state index is -0.577. The van der Waals surface area contributed by atoms with Crippen molar-refractivity contribution in [1.29, 1.82) is 0 Å². The molecule has 4 nitrogen and oxygen atoms in total. The molecular formula is C12H12F2N4. The van der Waals surface area contributed by atoms with Gasteiger partial charge < -0.3 is 11.1 Å². The highest BCUT2D eigenvalue weighted by Crippen LogP contribution is 2.12. The van der Waals surface area contributed by atoms with Gasteiger partial charge in [0.05, 0.1) is 11.9 Å². The van der Waals surface area contributed by atoms with Crippen LogP contribution in [0.3, 0.4) is 0 Å². The van der Waals surface area contributed by atoms with Crippen molar-refractivity contribution in [3.05, 3.63) is 47.9 Å². The lowest BCUT2D eigenvalue weighted by molar-refractivity contribution is 0.580. The number of nitrogens with zero attached hydrogens (tertiary/aromatic N) is 2. The maximum absolute atomic E-state index is 12.9. The van der Waals surface area contributed by atoms with Crippen molar-refractivity contribution in [2.75, 3.05) is 17.6 Å². The summed E-state index contributed by atoms with van der Waals surface area (Å²) >= 11 is 0. The molecule has 0 spiro atoms. The Morgan fingerprint density at radius 3 is 2.56 bits per heavy atom. The highest BCUT2D eigenvalue weighted by molar-refractivity contribution is 5.58. The quantitative estimate of drug-likeness (QED) is 0.871. The Morgan fingerprint density at radius 1 is 1.17 bits per heavy atom. The number of nitrogens with one attached hydrogen (secondary N) is 1. The van der Waals surface area contributed by atoms with Gasteiger partial charge in [0.2, 0.25) is 0 Å². The van der Waals surface area contributed by atoms with E-state index in [1.807, 2.05) is 0 Å². The van der Waals surface area contributed by atoms with E-state index in [9.17, 15) is 8.78 Å². The van der Waals surface area contributed by atoms with Gasteiger partial charge in [-0.05, 0) is 24.1 Å².